The maximum atomic E-state index is 13.0. The minimum Gasteiger partial charge on any atom is -0.496 e. The summed E-state index contributed by atoms with van der Waals surface area (Å²) in [6.45, 7) is 0. The van der Waals surface area contributed by atoms with E-state index in [1.54, 1.807) is 36.4 Å². The third kappa shape index (κ3) is 4.60. The Morgan fingerprint density at radius 3 is 2.48 bits per heavy atom. The summed E-state index contributed by atoms with van der Waals surface area (Å²) in [6, 6.07) is 12.2. The summed E-state index contributed by atoms with van der Waals surface area (Å²) in [5.41, 5.74) is -0.169. The minimum atomic E-state index is -4.49. The van der Waals surface area contributed by atoms with Gasteiger partial charge in [-0.1, -0.05) is 18.2 Å². The molecule has 2 N–H and O–H groups in total. The number of hydrogen-bond donors (Lipinski definition) is 2. The molecule has 0 atom stereocenters. The van der Waals surface area contributed by atoms with Crippen molar-refractivity contribution in [2.24, 2.45) is 0 Å². The first kappa shape index (κ1) is 21.0. The van der Waals surface area contributed by atoms with Crippen molar-refractivity contribution in [2.45, 2.75) is 43.9 Å². The van der Waals surface area contributed by atoms with Gasteiger partial charge < -0.3 is 15.4 Å². The van der Waals surface area contributed by atoms with Crippen molar-refractivity contribution in [2.75, 3.05) is 12.4 Å². The number of halogens is 3. The number of amides is 1. The van der Waals surface area contributed by atoms with Gasteiger partial charge in [-0.15, -0.1) is 0 Å². The van der Waals surface area contributed by atoms with Crippen LogP contribution < -0.4 is 15.4 Å². The van der Waals surface area contributed by atoms with E-state index in [1.807, 2.05) is 6.07 Å². The topological polar surface area (TPSA) is 67.7 Å². The van der Waals surface area contributed by atoms with E-state index in [-0.39, 0.29) is 23.6 Å². The van der Waals surface area contributed by atoms with Crippen LogP contribution in [0, 0.1) is 0 Å². The third-order valence-electron chi connectivity index (χ3n) is 5.55. The summed E-state index contributed by atoms with van der Waals surface area (Å²) >= 11 is 0. The number of imidazole rings is 1. The smallest absolute Gasteiger partial charge is 0.434 e. The quantitative estimate of drug-likeness (QED) is 0.622. The Morgan fingerprint density at radius 2 is 1.77 bits per heavy atom. The maximum absolute atomic E-state index is 13.0. The van der Waals surface area contributed by atoms with Gasteiger partial charge in [-0.05, 0) is 49.9 Å². The van der Waals surface area contributed by atoms with Crippen LogP contribution >= 0.6 is 0 Å². The lowest BCUT2D eigenvalue weighted by Gasteiger charge is -2.30. The number of pyridine rings is 1. The molecule has 1 fully saturated rings. The van der Waals surface area contributed by atoms with Crippen LogP contribution in [0.25, 0.3) is 5.65 Å². The van der Waals surface area contributed by atoms with Gasteiger partial charge >= 0.3 is 6.18 Å². The zero-order chi connectivity index (χ0) is 22.0. The fourth-order valence-electron chi connectivity index (χ4n) is 3.95. The summed E-state index contributed by atoms with van der Waals surface area (Å²) in [7, 11) is 1.53. The van der Waals surface area contributed by atoms with Crippen LogP contribution in [-0.2, 0) is 6.18 Å². The Labute approximate surface area is 177 Å². The molecule has 0 aliphatic heterocycles. The fourth-order valence-corrected chi connectivity index (χ4v) is 3.95. The van der Waals surface area contributed by atoms with Gasteiger partial charge in [0.15, 0.2) is 5.69 Å². The molecule has 0 saturated heterocycles. The fraction of sp³-hybridized carbons (Fsp3) is 0.364. The molecule has 3 aromatic rings. The lowest BCUT2D eigenvalue weighted by Crippen LogP contribution is -2.40. The molecule has 0 bridgehead atoms. The van der Waals surface area contributed by atoms with Crippen LogP contribution in [0.2, 0.25) is 0 Å². The predicted molar refractivity (Wildman–Crippen MR) is 110 cm³/mol. The Hall–Kier alpha value is -3.23. The van der Waals surface area contributed by atoms with E-state index >= 15 is 0 Å². The van der Waals surface area contributed by atoms with Crippen LogP contribution in [0.1, 0.15) is 41.7 Å². The second-order valence-electron chi connectivity index (χ2n) is 7.63. The van der Waals surface area contributed by atoms with Crippen molar-refractivity contribution in [3.05, 3.63) is 59.9 Å². The molecule has 4 rings (SSSR count). The second-order valence-corrected chi connectivity index (χ2v) is 7.63. The van der Waals surface area contributed by atoms with E-state index in [1.165, 1.54) is 11.5 Å². The summed E-state index contributed by atoms with van der Waals surface area (Å²) in [6.07, 6.45) is -0.363. The highest BCUT2D eigenvalue weighted by Gasteiger charge is 2.34. The molecule has 1 aromatic carbocycles. The second kappa shape index (κ2) is 8.49. The number of para-hydroxylation sites is 1. The van der Waals surface area contributed by atoms with Crippen LogP contribution in [0.4, 0.5) is 19.0 Å². The molecule has 6 nitrogen and oxygen atoms in total. The molecule has 0 radical (unpaired) electrons. The number of nitrogens with zero attached hydrogens (tertiary/aromatic N) is 2. The Balaban J connectivity index is 1.37. The molecule has 0 unspecified atom stereocenters. The average molecular weight is 432 g/mol. The number of rotatable bonds is 5. The van der Waals surface area contributed by atoms with Crippen molar-refractivity contribution in [3.8, 4) is 5.75 Å². The van der Waals surface area contributed by atoms with Gasteiger partial charge in [-0.3, -0.25) is 9.20 Å². The first-order valence-corrected chi connectivity index (χ1v) is 10.1. The molecule has 1 saturated carbocycles. The van der Waals surface area contributed by atoms with E-state index in [9.17, 15) is 18.0 Å². The van der Waals surface area contributed by atoms with Gasteiger partial charge in [0.2, 0.25) is 0 Å². The van der Waals surface area contributed by atoms with Crippen LogP contribution in [0.15, 0.2) is 48.7 Å². The van der Waals surface area contributed by atoms with E-state index < -0.39 is 11.9 Å². The van der Waals surface area contributed by atoms with E-state index in [2.05, 4.69) is 15.6 Å². The molecule has 0 spiro atoms. The zero-order valence-corrected chi connectivity index (χ0v) is 16.9. The summed E-state index contributed by atoms with van der Waals surface area (Å²) in [5, 5.41) is 6.39. The standard InChI is InChI=1S/C22H23F3N4O2/c1-31-17-6-3-2-5-16(17)21(30)27-15-11-9-14(10-12-15)26-19-7-4-8-20-28-18(13-29(19)20)22(23,24)25/h2-8,13-15,26H,9-12H2,1H3,(H,27,30). The lowest BCUT2D eigenvalue weighted by molar-refractivity contribution is -0.140. The first-order valence-electron chi connectivity index (χ1n) is 10.1. The van der Waals surface area contributed by atoms with Crippen molar-refractivity contribution >= 4 is 17.4 Å². The number of aromatic nitrogens is 2. The number of methoxy groups -OCH3 is 1. The van der Waals surface area contributed by atoms with Crippen molar-refractivity contribution in [3.63, 3.8) is 0 Å². The monoisotopic (exact) mass is 432 g/mol. The largest absolute Gasteiger partial charge is 0.496 e. The highest BCUT2D eigenvalue weighted by atomic mass is 19.4. The van der Waals surface area contributed by atoms with Gasteiger partial charge in [0.05, 0.1) is 12.7 Å². The Kier molecular flexibility index (Phi) is 5.75. The molecule has 9 heteroatoms. The number of benzene rings is 1. The van der Waals surface area contributed by atoms with E-state index in [0.717, 1.165) is 31.9 Å². The summed E-state index contributed by atoms with van der Waals surface area (Å²) < 4.78 is 45.7. The number of ether oxygens (including phenoxy) is 1. The summed E-state index contributed by atoms with van der Waals surface area (Å²) in [5.74, 6) is 0.931. The molecule has 1 amide bonds. The highest BCUT2D eigenvalue weighted by Crippen LogP contribution is 2.30. The number of alkyl halides is 3. The third-order valence-corrected chi connectivity index (χ3v) is 5.55. The molecule has 1 aliphatic rings. The van der Waals surface area contributed by atoms with Crippen LogP contribution in [0.3, 0.4) is 0 Å². The van der Waals surface area contributed by atoms with Crippen molar-refractivity contribution in [1.29, 1.82) is 0 Å². The summed E-state index contributed by atoms with van der Waals surface area (Å²) in [4.78, 5) is 16.3. The van der Waals surface area contributed by atoms with Crippen LogP contribution in [-0.4, -0.2) is 34.5 Å². The van der Waals surface area contributed by atoms with Gasteiger partial charge in [0.25, 0.3) is 5.91 Å². The molecule has 2 heterocycles. The molecular weight excluding hydrogens is 409 g/mol. The van der Waals surface area contributed by atoms with E-state index in [0.29, 0.717) is 17.1 Å². The number of carbonyl (C=O) groups is 1. The lowest BCUT2D eigenvalue weighted by atomic mass is 9.91. The minimum absolute atomic E-state index is 0.0383. The molecular formula is C22H23F3N4O2. The maximum Gasteiger partial charge on any atom is 0.434 e. The molecule has 1 aliphatic carbocycles. The van der Waals surface area contributed by atoms with Gasteiger partial charge in [0.1, 0.15) is 17.2 Å². The SMILES string of the molecule is COc1ccccc1C(=O)NC1CCC(Nc2cccc3nc(C(F)(F)F)cn23)CC1. The first-order chi connectivity index (χ1) is 14.8. The number of carbonyl (C=O) groups excluding carboxylic acids is 1. The predicted octanol–water partition coefficient (Wildman–Crippen LogP) is 4.51. The van der Waals surface area contributed by atoms with Gasteiger partial charge in [0, 0.05) is 18.3 Å². The molecule has 31 heavy (non-hydrogen) atoms. The average Bonchev–Trinajstić information content (AvgIpc) is 3.21. The van der Waals surface area contributed by atoms with Crippen molar-refractivity contribution in [1.82, 2.24) is 14.7 Å². The Bertz CT molecular complexity index is 1070. The number of anilines is 1. The highest BCUT2D eigenvalue weighted by molar-refractivity contribution is 5.97. The molecule has 2 aromatic heterocycles. The number of fused-ring (bicyclic) bond motifs is 1. The van der Waals surface area contributed by atoms with E-state index in [4.69, 9.17) is 4.74 Å². The number of nitrogens with one attached hydrogen (secondary N) is 2. The Morgan fingerprint density at radius 1 is 1.06 bits per heavy atom. The number of hydrogen-bond acceptors (Lipinski definition) is 4. The van der Waals surface area contributed by atoms with Crippen molar-refractivity contribution < 1.29 is 22.7 Å². The molecule has 164 valence electrons. The van der Waals surface area contributed by atoms with Crippen LogP contribution in [0.5, 0.6) is 5.75 Å². The van der Waals surface area contributed by atoms with Gasteiger partial charge in [-0.2, -0.15) is 13.2 Å². The normalized spacial score (nSPS) is 19.2. The van der Waals surface area contributed by atoms with Gasteiger partial charge in [-0.25, -0.2) is 4.98 Å². The zero-order valence-electron chi connectivity index (χ0n) is 16.9.